The average molecular weight is 385 g/mol. The van der Waals surface area contributed by atoms with Gasteiger partial charge in [0.25, 0.3) is 5.91 Å². The molecule has 1 atom stereocenters. The molecular formula is C26H28N2O. The molecular weight excluding hydrogens is 356 g/mol. The molecule has 0 radical (unpaired) electrons. The fraction of sp³-hybridized carbons (Fsp3) is 0.346. The van der Waals surface area contributed by atoms with Gasteiger partial charge in [-0.3, -0.25) is 9.69 Å². The number of aryl methyl sites for hydroxylation is 2. The van der Waals surface area contributed by atoms with Crippen molar-refractivity contribution in [1.29, 1.82) is 0 Å². The third kappa shape index (κ3) is 3.67. The molecule has 0 spiro atoms. The maximum atomic E-state index is 12.9. The van der Waals surface area contributed by atoms with Gasteiger partial charge in [-0.05, 0) is 78.4 Å². The maximum absolute atomic E-state index is 12.9. The SMILES string of the molecule is CC1CCCN(Cc2ccc(C(=O)Nc3ccc4c5c(cccc35)CC4)cc2)C1. The molecule has 0 saturated carbocycles. The van der Waals surface area contributed by atoms with E-state index in [4.69, 9.17) is 0 Å². The van der Waals surface area contributed by atoms with Gasteiger partial charge in [-0.1, -0.05) is 43.3 Å². The summed E-state index contributed by atoms with van der Waals surface area (Å²) in [5, 5.41) is 5.63. The van der Waals surface area contributed by atoms with Crippen molar-refractivity contribution in [3.8, 4) is 0 Å². The van der Waals surface area contributed by atoms with Gasteiger partial charge in [0.15, 0.2) is 0 Å². The number of piperidine rings is 1. The first-order valence-electron chi connectivity index (χ1n) is 10.8. The first kappa shape index (κ1) is 18.4. The van der Waals surface area contributed by atoms with Crippen molar-refractivity contribution in [2.24, 2.45) is 5.92 Å². The lowest BCUT2D eigenvalue weighted by Crippen LogP contribution is -2.33. The van der Waals surface area contributed by atoms with Gasteiger partial charge in [0.2, 0.25) is 0 Å². The second-order valence-corrected chi connectivity index (χ2v) is 8.75. The van der Waals surface area contributed by atoms with Crippen LogP contribution in [0.3, 0.4) is 0 Å². The third-order valence-electron chi connectivity index (χ3n) is 6.49. The molecule has 148 valence electrons. The Morgan fingerprint density at radius 3 is 2.62 bits per heavy atom. The molecule has 2 aliphatic rings. The largest absolute Gasteiger partial charge is 0.321 e. The topological polar surface area (TPSA) is 32.3 Å². The molecule has 3 aromatic rings. The van der Waals surface area contributed by atoms with E-state index < -0.39 is 0 Å². The van der Waals surface area contributed by atoms with Crippen LogP contribution in [0, 0.1) is 5.92 Å². The van der Waals surface area contributed by atoms with Crippen molar-refractivity contribution >= 4 is 22.4 Å². The number of carbonyl (C=O) groups is 1. The van der Waals surface area contributed by atoms with Crippen LogP contribution in [-0.2, 0) is 19.4 Å². The minimum absolute atomic E-state index is 0.0400. The molecule has 1 aliphatic carbocycles. The van der Waals surface area contributed by atoms with E-state index >= 15 is 0 Å². The van der Waals surface area contributed by atoms with Gasteiger partial charge in [-0.25, -0.2) is 0 Å². The second-order valence-electron chi connectivity index (χ2n) is 8.75. The van der Waals surface area contributed by atoms with Gasteiger partial charge in [-0.2, -0.15) is 0 Å². The number of anilines is 1. The Morgan fingerprint density at radius 1 is 1.03 bits per heavy atom. The minimum atomic E-state index is -0.0400. The first-order valence-corrected chi connectivity index (χ1v) is 10.8. The highest BCUT2D eigenvalue weighted by Gasteiger charge is 2.18. The molecule has 5 rings (SSSR count). The van der Waals surface area contributed by atoms with Crippen LogP contribution >= 0.6 is 0 Å². The fourth-order valence-electron chi connectivity index (χ4n) is 5.00. The summed E-state index contributed by atoms with van der Waals surface area (Å²) in [7, 11) is 0. The number of nitrogens with one attached hydrogen (secondary N) is 1. The zero-order chi connectivity index (χ0) is 19.8. The zero-order valence-electron chi connectivity index (χ0n) is 17.1. The highest BCUT2D eigenvalue weighted by Crippen LogP contribution is 2.35. The Labute approximate surface area is 172 Å². The Kier molecular flexibility index (Phi) is 4.84. The van der Waals surface area contributed by atoms with E-state index in [-0.39, 0.29) is 5.91 Å². The predicted molar refractivity (Wildman–Crippen MR) is 119 cm³/mol. The van der Waals surface area contributed by atoms with E-state index in [1.165, 1.54) is 48.0 Å². The quantitative estimate of drug-likeness (QED) is 0.651. The number of carbonyl (C=O) groups excluding carboxylic acids is 1. The van der Waals surface area contributed by atoms with E-state index in [1.807, 2.05) is 12.1 Å². The molecule has 1 fully saturated rings. The Balaban J connectivity index is 1.31. The number of hydrogen-bond donors (Lipinski definition) is 1. The molecule has 0 bridgehead atoms. The van der Waals surface area contributed by atoms with E-state index in [0.717, 1.165) is 36.4 Å². The van der Waals surface area contributed by atoms with Gasteiger partial charge in [0.1, 0.15) is 0 Å². The lowest BCUT2D eigenvalue weighted by atomic mass is 9.99. The summed E-state index contributed by atoms with van der Waals surface area (Å²) in [5.74, 6) is 0.744. The Bertz CT molecular complexity index is 1040. The average Bonchev–Trinajstić information content (AvgIpc) is 3.15. The molecule has 1 unspecified atom stereocenters. The van der Waals surface area contributed by atoms with Crippen LogP contribution in [-0.4, -0.2) is 23.9 Å². The molecule has 3 aromatic carbocycles. The number of benzene rings is 3. The molecule has 1 saturated heterocycles. The number of amides is 1. The highest BCUT2D eigenvalue weighted by molar-refractivity contribution is 6.10. The van der Waals surface area contributed by atoms with Crippen LogP contribution in [0.15, 0.2) is 54.6 Å². The number of rotatable bonds is 4. The summed E-state index contributed by atoms with van der Waals surface area (Å²) >= 11 is 0. The van der Waals surface area contributed by atoms with Crippen molar-refractivity contribution in [3.05, 3.63) is 76.9 Å². The summed E-state index contributed by atoms with van der Waals surface area (Å²) in [6, 6.07) is 18.7. The standard InChI is InChI=1S/C26H28N2O/c1-18-4-3-15-28(16-18)17-19-7-9-22(10-8-19)26(29)27-24-14-13-21-12-11-20-5-2-6-23(24)25(20)21/h2,5-10,13-14,18H,3-4,11-12,15-17H2,1H3,(H,27,29). The number of likely N-dealkylation sites (tertiary alicyclic amines) is 1. The molecule has 1 aliphatic heterocycles. The lowest BCUT2D eigenvalue weighted by molar-refractivity contribution is 0.102. The van der Waals surface area contributed by atoms with E-state index in [1.54, 1.807) is 0 Å². The van der Waals surface area contributed by atoms with Gasteiger partial charge in [-0.15, -0.1) is 0 Å². The van der Waals surface area contributed by atoms with Gasteiger partial charge < -0.3 is 5.32 Å². The van der Waals surface area contributed by atoms with Crippen molar-refractivity contribution in [1.82, 2.24) is 4.90 Å². The number of nitrogens with zero attached hydrogens (tertiary/aromatic N) is 1. The molecule has 3 nitrogen and oxygen atoms in total. The van der Waals surface area contributed by atoms with E-state index in [0.29, 0.717) is 5.56 Å². The van der Waals surface area contributed by atoms with Crippen molar-refractivity contribution in [2.45, 2.75) is 39.2 Å². The molecule has 1 amide bonds. The second kappa shape index (κ2) is 7.64. The van der Waals surface area contributed by atoms with Crippen LogP contribution in [0.1, 0.15) is 46.8 Å². The third-order valence-corrected chi connectivity index (χ3v) is 6.49. The molecule has 1 heterocycles. The van der Waals surface area contributed by atoms with Gasteiger partial charge in [0, 0.05) is 29.7 Å². The first-order chi connectivity index (χ1) is 14.2. The lowest BCUT2D eigenvalue weighted by Gasteiger charge is -2.30. The Hall–Kier alpha value is -2.65. The van der Waals surface area contributed by atoms with Crippen molar-refractivity contribution in [2.75, 3.05) is 18.4 Å². The van der Waals surface area contributed by atoms with E-state index in [2.05, 4.69) is 59.6 Å². The predicted octanol–water partition coefficient (Wildman–Crippen LogP) is 5.42. The highest BCUT2D eigenvalue weighted by atomic mass is 16.1. The van der Waals surface area contributed by atoms with Crippen LogP contribution in [0.2, 0.25) is 0 Å². The van der Waals surface area contributed by atoms with Crippen LogP contribution in [0.5, 0.6) is 0 Å². The monoisotopic (exact) mass is 384 g/mol. The van der Waals surface area contributed by atoms with Crippen LogP contribution < -0.4 is 5.32 Å². The normalized spacial score (nSPS) is 18.9. The van der Waals surface area contributed by atoms with Gasteiger partial charge >= 0.3 is 0 Å². The summed E-state index contributed by atoms with van der Waals surface area (Å²) < 4.78 is 0. The van der Waals surface area contributed by atoms with Gasteiger partial charge in [0.05, 0.1) is 0 Å². The van der Waals surface area contributed by atoms with Crippen molar-refractivity contribution < 1.29 is 4.79 Å². The maximum Gasteiger partial charge on any atom is 0.255 e. The summed E-state index contributed by atoms with van der Waals surface area (Å²) in [6.07, 6.45) is 4.82. The summed E-state index contributed by atoms with van der Waals surface area (Å²) in [4.78, 5) is 15.4. The smallest absolute Gasteiger partial charge is 0.255 e. The van der Waals surface area contributed by atoms with Crippen molar-refractivity contribution in [3.63, 3.8) is 0 Å². The number of hydrogen-bond acceptors (Lipinski definition) is 2. The molecule has 0 aromatic heterocycles. The molecule has 3 heteroatoms. The van der Waals surface area contributed by atoms with Crippen LogP contribution in [0.4, 0.5) is 5.69 Å². The Morgan fingerprint density at radius 2 is 1.83 bits per heavy atom. The summed E-state index contributed by atoms with van der Waals surface area (Å²) in [6.45, 7) is 5.66. The van der Waals surface area contributed by atoms with E-state index in [9.17, 15) is 4.79 Å². The zero-order valence-corrected chi connectivity index (χ0v) is 17.1. The summed E-state index contributed by atoms with van der Waals surface area (Å²) in [5.41, 5.74) is 5.68. The molecule has 29 heavy (non-hydrogen) atoms. The fourth-order valence-corrected chi connectivity index (χ4v) is 5.00. The molecule has 1 N–H and O–H groups in total. The minimum Gasteiger partial charge on any atom is -0.321 e. The van der Waals surface area contributed by atoms with Crippen LogP contribution in [0.25, 0.3) is 10.8 Å².